The highest BCUT2D eigenvalue weighted by molar-refractivity contribution is 9.10. The van der Waals surface area contributed by atoms with Crippen LogP contribution in [0.5, 0.6) is 0 Å². The van der Waals surface area contributed by atoms with E-state index in [2.05, 4.69) is 51.5 Å². The van der Waals surface area contributed by atoms with E-state index in [9.17, 15) is 14.4 Å². The lowest BCUT2D eigenvalue weighted by Gasteiger charge is -2.14. The summed E-state index contributed by atoms with van der Waals surface area (Å²) >= 11 is 8.64. The van der Waals surface area contributed by atoms with Crippen molar-refractivity contribution < 1.29 is 9.84 Å². The molecule has 6 rings (SSSR count). The second kappa shape index (κ2) is 14.5. The lowest BCUT2D eigenvalue weighted by Crippen LogP contribution is -2.34. The highest BCUT2D eigenvalue weighted by Crippen LogP contribution is 2.29. The molecule has 5 aromatic heterocycles. The number of aliphatic hydroxyl groups excluding tert-OH is 1. The third kappa shape index (κ3) is 7.16. The van der Waals surface area contributed by atoms with E-state index < -0.39 is 29.6 Å². The molecule has 1 aliphatic heterocycles. The van der Waals surface area contributed by atoms with Crippen LogP contribution in [0.15, 0.2) is 85.2 Å². The third-order valence-electron chi connectivity index (χ3n) is 7.13. The summed E-state index contributed by atoms with van der Waals surface area (Å²) in [5, 5.41) is 19.2. The molecule has 0 bridgehead atoms. The summed E-state index contributed by atoms with van der Waals surface area (Å²) in [5.41, 5.74) is 9.82. The Morgan fingerprint density at radius 2 is 2.04 bits per heavy atom. The molecule has 0 aliphatic carbocycles. The van der Waals surface area contributed by atoms with Gasteiger partial charge in [0.05, 0.1) is 24.3 Å². The van der Waals surface area contributed by atoms with E-state index in [1.54, 1.807) is 30.0 Å². The Morgan fingerprint density at radius 3 is 2.78 bits per heavy atom. The number of fused-ring (bicyclic) bond motifs is 3. The zero-order valence-electron chi connectivity index (χ0n) is 24.3. The van der Waals surface area contributed by atoms with Crippen LogP contribution in [0.25, 0.3) is 27.1 Å². The van der Waals surface area contributed by atoms with E-state index in [0.717, 1.165) is 15.6 Å². The van der Waals surface area contributed by atoms with Crippen LogP contribution in [-0.2, 0) is 11.3 Å². The average Bonchev–Trinajstić information content (AvgIpc) is 3.70. The molecule has 0 spiro atoms. The fraction of sp³-hybridized carbons (Fsp3) is 0.286. The van der Waals surface area contributed by atoms with Crippen molar-refractivity contribution in [2.24, 2.45) is 5.11 Å². The first-order valence-corrected chi connectivity index (χ1v) is 15.1. The number of aromatic nitrogens is 6. The summed E-state index contributed by atoms with van der Waals surface area (Å²) in [5.74, 6) is 0.650. The smallest absolute Gasteiger partial charge is 0.330 e. The van der Waals surface area contributed by atoms with Crippen LogP contribution in [0, 0.1) is 6.92 Å². The number of ether oxygens (including phenoxy) is 1. The number of hydrogen-bond acceptors (Lipinski definition) is 9. The monoisotopic (exact) mass is 709 g/mol. The van der Waals surface area contributed by atoms with Gasteiger partial charge in [0.1, 0.15) is 17.6 Å². The first-order chi connectivity index (χ1) is 22.2. The Kier molecular flexibility index (Phi) is 10.2. The van der Waals surface area contributed by atoms with Crippen molar-refractivity contribution in [2.75, 3.05) is 18.5 Å². The second-order valence-electron chi connectivity index (χ2n) is 10.1. The molecule has 18 heteroatoms. The number of azide groups is 1. The van der Waals surface area contributed by atoms with Gasteiger partial charge in [0, 0.05) is 59.2 Å². The maximum absolute atomic E-state index is 12.8. The zero-order chi connectivity index (χ0) is 32.8. The molecular formula is C28H28BrN11O5S. The van der Waals surface area contributed by atoms with Gasteiger partial charge in [-0.15, -0.1) is 0 Å². The van der Waals surface area contributed by atoms with Crippen molar-refractivity contribution >= 4 is 55.8 Å². The molecular weight excluding hydrogens is 682 g/mol. The molecule has 4 N–H and O–H groups in total. The Labute approximate surface area is 273 Å². The number of halogens is 1. The maximum atomic E-state index is 12.8. The van der Waals surface area contributed by atoms with Crippen LogP contribution in [0.1, 0.15) is 18.2 Å². The summed E-state index contributed by atoms with van der Waals surface area (Å²) in [6, 6.07) is 10.5. The summed E-state index contributed by atoms with van der Waals surface area (Å²) in [6.45, 7) is 2.21. The van der Waals surface area contributed by atoms with Crippen LogP contribution < -0.4 is 27.4 Å². The molecule has 5 aromatic rings. The number of hydrogen-bond donors (Lipinski definition) is 4. The van der Waals surface area contributed by atoms with Gasteiger partial charge in [-0.25, -0.2) is 14.8 Å². The number of nitrogens with zero attached hydrogens (tertiary/aromatic N) is 8. The van der Waals surface area contributed by atoms with E-state index >= 15 is 0 Å². The fourth-order valence-electron chi connectivity index (χ4n) is 4.92. The number of aliphatic hydroxyl groups is 1. The Morgan fingerprint density at radius 1 is 1.24 bits per heavy atom. The van der Waals surface area contributed by atoms with Crippen LogP contribution in [0.3, 0.4) is 0 Å². The van der Waals surface area contributed by atoms with E-state index in [4.69, 9.17) is 27.6 Å². The fourth-order valence-corrected chi connectivity index (χ4v) is 5.37. The number of nitrogens with one attached hydrogen (secondary N) is 3. The normalized spacial score (nSPS) is 17.2. The molecule has 0 saturated carbocycles. The molecule has 1 saturated heterocycles. The van der Waals surface area contributed by atoms with Crippen molar-refractivity contribution in [3.63, 3.8) is 0 Å². The maximum Gasteiger partial charge on any atom is 0.330 e. The number of H-pyrrole nitrogens is 1. The summed E-state index contributed by atoms with van der Waals surface area (Å²) < 4.78 is 11.1. The van der Waals surface area contributed by atoms with Gasteiger partial charge in [0.25, 0.3) is 11.1 Å². The van der Waals surface area contributed by atoms with Gasteiger partial charge in [-0.3, -0.25) is 23.5 Å². The van der Waals surface area contributed by atoms with Crippen LogP contribution in [0.2, 0.25) is 0 Å². The number of thiocarbonyl (C=S) groups is 1. The molecule has 0 aromatic carbocycles. The number of anilines is 1. The quantitative estimate of drug-likeness (QED) is 0.0840. The Balaban J connectivity index is 0.000000193. The van der Waals surface area contributed by atoms with E-state index in [1.165, 1.54) is 10.8 Å². The molecule has 238 valence electrons. The van der Waals surface area contributed by atoms with Crippen LogP contribution in [-0.4, -0.2) is 64.0 Å². The molecule has 0 amide bonds. The number of aryl methyl sites for hydroxylation is 1. The zero-order valence-corrected chi connectivity index (χ0v) is 26.7. The third-order valence-corrected chi connectivity index (χ3v) is 7.84. The summed E-state index contributed by atoms with van der Waals surface area (Å²) in [4.78, 5) is 49.3. The van der Waals surface area contributed by atoms with Gasteiger partial charge in [-0.05, 0) is 77.0 Å². The molecule has 46 heavy (non-hydrogen) atoms. The second-order valence-corrected chi connectivity index (χ2v) is 11.4. The van der Waals surface area contributed by atoms with Crippen LogP contribution in [0.4, 0.5) is 5.82 Å². The van der Waals surface area contributed by atoms with Gasteiger partial charge in [-0.1, -0.05) is 5.11 Å². The SMILES string of the molecule is Cc1cn([C@H]2C[C@H](N=[N+]=[N-])[C@@H](CO)O2)c(=O)[nH]c1=O.O=c1c2cccn2c2ncccc2n1CCNC(=S)Nc1ccc(Br)cn1. The van der Waals surface area contributed by atoms with Crippen molar-refractivity contribution in [3.8, 4) is 0 Å². The summed E-state index contributed by atoms with van der Waals surface area (Å²) in [7, 11) is 0. The lowest BCUT2D eigenvalue weighted by molar-refractivity contribution is -0.0271. The molecule has 1 fully saturated rings. The molecule has 1 aliphatic rings. The van der Waals surface area contributed by atoms with Gasteiger partial charge in [0.2, 0.25) is 0 Å². The van der Waals surface area contributed by atoms with Gasteiger partial charge < -0.3 is 25.0 Å². The highest BCUT2D eigenvalue weighted by Gasteiger charge is 2.35. The van der Waals surface area contributed by atoms with Gasteiger partial charge in [0.15, 0.2) is 10.8 Å². The first-order valence-electron chi connectivity index (χ1n) is 13.9. The average molecular weight is 711 g/mol. The van der Waals surface area contributed by atoms with Crippen LogP contribution >= 0.6 is 28.1 Å². The minimum Gasteiger partial charge on any atom is -0.394 e. The number of aromatic amines is 1. The van der Waals surface area contributed by atoms with Crippen molar-refractivity contribution in [3.05, 3.63) is 113 Å². The Hall–Kier alpha value is -4.87. The highest BCUT2D eigenvalue weighted by atomic mass is 79.9. The largest absolute Gasteiger partial charge is 0.394 e. The predicted molar refractivity (Wildman–Crippen MR) is 178 cm³/mol. The van der Waals surface area contributed by atoms with Crippen molar-refractivity contribution in [2.45, 2.75) is 38.3 Å². The summed E-state index contributed by atoms with van der Waals surface area (Å²) in [6.07, 6.45) is 5.59. The Bertz CT molecular complexity index is 2100. The molecule has 0 unspecified atom stereocenters. The standard InChI is InChI=1S/C18H15BrN6OS.C10H13N5O4/c19-12-5-6-15(22-11-12)23-18(27)21-8-10-25-13-3-1-7-20-16(13)24-9-2-4-14(24)17(25)26;1-5-3-15(10(18)12-9(5)17)8-2-6(13-14-11)7(4-16)19-8/h1-7,9,11H,8,10H2,(H2,21,22,23,27);3,6-8,16H,2,4H2,1H3,(H,12,17,18)/t;6-,7+,8+/m.0/s1. The minimum absolute atomic E-state index is 0.0595. The topological polar surface area (TPSA) is 209 Å². The lowest BCUT2D eigenvalue weighted by atomic mass is 10.1. The van der Waals surface area contributed by atoms with Crippen molar-refractivity contribution in [1.82, 2.24) is 33.8 Å². The molecule has 16 nitrogen and oxygen atoms in total. The van der Waals surface area contributed by atoms with E-state index in [1.807, 2.05) is 40.9 Å². The number of pyridine rings is 2. The van der Waals surface area contributed by atoms with Crippen molar-refractivity contribution in [1.29, 1.82) is 0 Å². The molecule has 3 atom stereocenters. The van der Waals surface area contributed by atoms with Gasteiger partial charge in [-0.2, -0.15) is 0 Å². The molecule has 0 radical (unpaired) electrons. The number of rotatable bonds is 7. The van der Waals surface area contributed by atoms with E-state index in [-0.39, 0.29) is 18.6 Å². The minimum atomic E-state index is -0.671. The first kappa shape index (κ1) is 32.5. The predicted octanol–water partition coefficient (Wildman–Crippen LogP) is 2.60. The van der Waals surface area contributed by atoms with Gasteiger partial charge >= 0.3 is 5.69 Å². The van der Waals surface area contributed by atoms with E-state index in [0.29, 0.717) is 35.1 Å². The molecule has 6 heterocycles.